The first kappa shape index (κ1) is 16.7. The zero-order chi connectivity index (χ0) is 17.0. The maximum atomic E-state index is 12.5. The number of hydrogen-bond acceptors (Lipinski definition) is 3. The van der Waals surface area contributed by atoms with Gasteiger partial charge in [0.15, 0.2) is 0 Å². The molecule has 2 amide bonds. The summed E-state index contributed by atoms with van der Waals surface area (Å²) in [4.78, 5) is 24.5. The Balaban J connectivity index is 2.19. The third-order valence-corrected chi connectivity index (χ3v) is 3.41. The third kappa shape index (κ3) is 4.18. The smallest absolute Gasteiger partial charge is 0.257 e. The number of para-hydroxylation sites is 1. The summed E-state index contributed by atoms with van der Waals surface area (Å²) < 4.78 is 0. The highest BCUT2D eigenvalue weighted by Crippen LogP contribution is 2.21. The number of benzene rings is 1. The van der Waals surface area contributed by atoms with Crippen molar-refractivity contribution in [3.8, 4) is 0 Å². The summed E-state index contributed by atoms with van der Waals surface area (Å²) in [5, 5.41) is 12.5. The number of carbonyl (C=O) groups is 2. The molecule has 0 saturated carbocycles. The minimum atomic E-state index is -0.280. The van der Waals surface area contributed by atoms with E-state index in [0.717, 1.165) is 11.4 Å². The van der Waals surface area contributed by atoms with Gasteiger partial charge in [-0.1, -0.05) is 26.0 Å². The maximum absolute atomic E-state index is 12.5. The molecule has 0 radical (unpaired) electrons. The summed E-state index contributed by atoms with van der Waals surface area (Å²) in [5.41, 5.74) is 3.10. The van der Waals surface area contributed by atoms with Gasteiger partial charge in [-0.25, -0.2) is 0 Å². The molecule has 1 aromatic carbocycles. The average Bonchev–Trinajstić information content (AvgIpc) is 2.78. The normalized spacial score (nSPS) is 10.7. The van der Waals surface area contributed by atoms with Crippen LogP contribution < -0.4 is 10.6 Å². The molecule has 2 rings (SSSR count). The Morgan fingerprint density at radius 3 is 2.48 bits per heavy atom. The van der Waals surface area contributed by atoms with Crippen molar-refractivity contribution in [2.24, 2.45) is 5.92 Å². The number of carbonyl (C=O) groups excluding carboxylic acids is 2. The molecule has 0 spiro atoms. The molecule has 1 aromatic heterocycles. The van der Waals surface area contributed by atoms with Crippen molar-refractivity contribution in [2.75, 3.05) is 10.6 Å². The van der Waals surface area contributed by atoms with Gasteiger partial charge in [-0.05, 0) is 31.9 Å². The predicted molar refractivity (Wildman–Crippen MR) is 90.5 cm³/mol. The van der Waals surface area contributed by atoms with Crippen LogP contribution in [0.2, 0.25) is 0 Å². The Bertz CT molecular complexity index is 700. The fourth-order valence-electron chi connectivity index (χ4n) is 2.28. The van der Waals surface area contributed by atoms with E-state index < -0.39 is 0 Å². The van der Waals surface area contributed by atoms with Gasteiger partial charge in [0.25, 0.3) is 5.91 Å². The fourth-order valence-corrected chi connectivity index (χ4v) is 2.28. The van der Waals surface area contributed by atoms with Crippen LogP contribution in [0.4, 0.5) is 11.4 Å². The highest BCUT2D eigenvalue weighted by atomic mass is 16.2. The van der Waals surface area contributed by atoms with E-state index in [2.05, 4.69) is 20.8 Å². The third-order valence-electron chi connectivity index (χ3n) is 3.41. The second kappa shape index (κ2) is 7.09. The summed E-state index contributed by atoms with van der Waals surface area (Å²) in [6.45, 7) is 7.60. The largest absolute Gasteiger partial charge is 0.325 e. The zero-order valence-corrected chi connectivity index (χ0v) is 13.9. The van der Waals surface area contributed by atoms with Gasteiger partial charge in [0, 0.05) is 6.42 Å². The predicted octanol–water partition coefficient (Wildman–Crippen LogP) is 3.26. The van der Waals surface area contributed by atoms with Crippen LogP contribution in [0, 0.1) is 19.8 Å². The second-order valence-electron chi connectivity index (χ2n) is 5.95. The van der Waals surface area contributed by atoms with Crippen LogP contribution in [0.1, 0.15) is 42.0 Å². The first-order chi connectivity index (χ1) is 10.9. The van der Waals surface area contributed by atoms with E-state index >= 15 is 0 Å². The van der Waals surface area contributed by atoms with Gasteiger partial charge < -0.3 is 10.6 Å². The number of H-pyrrole nitrogens is 1. The molecule has 0 unspecified atom stereocenters. The van der Waals surface area contributed by atoms with Crippen LogP contribution in [0.3, 0.4) is 0 Å². The highest BCUT2D eigenvalue weighted by Gasteiger charge is 2.16. The number of rotatable bonds is 5. The summed E-state index contributed by atoms with van der Waals surface area (Å²) in [6, 6.07) is 6.96. The van der Waals surface area contributed by atoms with Gasteiger partial charge >= 0.3 is 0 Å². The Hall–Kier alpha value is -2.63. The van der Waals surface area contributed by atoms with Crippen molar-refractivity contribution in [1.82, 2.24) is 10.2 Å². The van der Waals surface area contributed by atoms with Crippen molar-refractivity contribution in [2.45, 2.75) is 34.1 Å². The minimum absolute atomic E-state index is 0.101. The van der Waals surface area contributed by atoms with Crippen LogP contribution in [0.25, 0.3) is 0 Å². The van der Waals surface area contributed by atoms with E-state index in [9.17, 15) is 9.59 Å². The van der Waals surface area contributed by atoms with Crippen LogP contribution >= 0.6 is 0 Å². The molecule has 6 heteroatoms. The lowest BCUT2D eigenvalue weighted by molar-refractivity contribution is -0.116. The molecule has 2 aromatic rings. The summed E-state index contributed by atoms with van der Waals surface area (Å²) in [7, 11) is 0. The van der Waals surface area contributed by atoms with E-state index in [-0.39, 0.29) is 17.7 Å². The Morgan fingerprint density at radius 1 is 1.17 bits per heavy atom. The summed E-state index contributed by atoms with van der Waals surface area (Å²) >= 11 is 0. The van der Waals surface area contributed by atoms with Crippen LogP contribution in [-0.4, -0.2) is 22.0 Å². The summed E-state index contributed by atoms with van der Waals surface area (Å²) in [5.74, 6) is -0.124. The lowest BCUT2D eigenvalue weighted by atomic mass is 10.1. The number of hydrogen-bond donors (Lipinski definition) is 3. The SMILES string of the molecule is Cc1n[nH]c(C)c1NC(=O)c1ccccc1NC(=O)CC(C)C. The van der Waals surface area contributed by atoms with Gasteiger partial charge in [-0.15, -0.1) is 0 Å². The lowest BCUT2D eigenvalue weighted by Crippen LogP contribution is -2.19. The second-order valence-corrected chi connectivity index (χ2v) is 5.95. The first-order valence-electron chi connectivity index (χ1n) is 7.60. The fraction of sp³-hybridized carbons (Fsp3) is 0.353. The van der Waals surface area contributed by atoms with E-state index in [0.29, 0.717) is 23.4 Å². The van der Waals surface area contributed by atoms with E-state index in [1.807, 2.05) is 27.7 Å². The molecule has 0 aliphatic carbocycles. The van der Waals surface area contributed by atoms with Gasteiger partial charge in [-0.3, -0.25) is 14.7 Å². The molecule has 0 aliphatic heterocycles. The van der Waals surface area contributed by atoms with Gasteiger partial charge in [0.05, 0.1) is 28.3 Å². The number of anilines is 2. The molecule has 0 bridgehead atoms. The molecule has 0 atom stereocenters. The van der Waals surface area contributed by atoms with Crippen LogP contribution in [-0.2, 0) is 4.79 Å². The van der Waals surface area contributed by atoms with E-state index in [1.165, 1.54) is 0 Å². The van der Waals surface area contributed by atoms with Crippen LogP contribution in [0.5, 0.6) is 0 Å². The van der Waals surface area contributed by atoms with Crippen LogP contribution in [0.15, 0.2) is 24.3 Å². The molecule has 0 fully saturated rings. The topological polar surface area (TPSA) is 86.9 Å². The van der Waals surface area contributed by atoms with Gasteiger partial charge in [0.2, 0.25) is 5.91 Å². The molecule has 6 nitrogen and oxygen atoms in total. The van der Waals surface area contributed by atoms with Crippen molar-refractivity contribution in [3.05, 3.63) is 41.2 Å². The van der Waals surface area contributed by atoms with Gasteiger partial charge in [0.1, 0.15) is 0 Å². The first-order valence-corrected chi connectivity index (χ1v) is 7.60. The van der Waals surface area contributed by atoms with Crippen molar-refractivity contribution in [1.29, 1.82) is 0 Å². The number of nitrogens with zero attached hydrogens (tertiary/aromatic N) is 1. The number of aromatic amines is 1. The van der Waals surface area contributed by atoms with Crippen molar-refractivity contribution in [3.63, 3.8) is 0 Å². The quantitative estimate of drug-likeness (QED) is 0.791. The molecule has 1 heterocycles. The molecule has 0 saturated heterocycles. The summed E-state index contributed by atoms with van der Waals surface area (Å²) in [6.07, 6.45) is 0.413. The molecule has 122 valence electrons. The monoisotopic (exact) mass is 314 g/mol. The van der Waals surface area contributed by atoms with Gasteiger partial charge in [-0.2, -0.15) is 5.10 Å². The highest BCUT2D eigenvalue weighted by molar-refractivity contribution is 6.10. The number of amides is 2. The molecular weight excluding hydrogens is 292 g/mol. The maximum Gasteiger partial charge on any atom is 0.257 e. The Kier molecular flexibility index (Phi) is 5.16. The van der Waals surface area contributed by atoms with Crippen molar-refractivity contribution < 1.29 is 9.59 Å². The number of nitrogens with one attached hydrogen (secondary N) is 3. The Morgan fingerprint density at radius 2 is 1.87 bits per heavy atom. The Labute approximate surface area is 135 Å². The zero-order valence-electron chi connectivity index (χ0n) is 13.9. The number of aryl methyl sites for hydroxylation is 2. The standard InChI is InChI=1S/C17H22N4O2/c1-10(2)9-15(22)18-14-8-6-5-7-13(14)17(23)19-16-11(3)20-21-12(16)4/h5-8,10H,9H2,1-4H3,(H,18,22)(H,19,23)(H,20,21). The average molecular weight is 314 g/mol. The molecule has 3 N–H and O–H groups in total. The lowest BCUT2D eigenvalue weighted by Gasteiger charge is -2.12. The molecule has 0 aliphatic rings. The van der Waals surface area contributed by atoms with E-state index in [1.54, 1.807) is 24.3 Å². The number of aromatic nitrogens is 2. The van der Waals surface area contributed by atoms with E-state index in [4.69, 9.17) is 0 Å². The minimum Gasteiger partial charge on any atom is -0.325 e. The molecule has 23 heavy (non-hydrogen) atoms. The molecular formula is C17H22N4O2. The van der Waals surface area contributed by atoms with Crippen molar-refractivity contribution >= 4 is 23.2 Å².